The Bertz CT molecular complexity index is 185. The van der Waals surface area contributed by atoms with Crippen molar-refractivity contribution < 1.29 is 9.59 Å². The number of unbranched alkanes of at least 4 members (excludes halogenated alkanes) is 1. The lowest BCUT2D eigenvalue weighted by atomic mass is 10.2. The predicted octanol–water partition coefficient (Wildman–Crippen LogP) is 2.19. The maximum absolute atomic E-state index is 11.0. The molecule has 0 aliphatic heterocycles. The minimum Gasteiger partial charge on any atom is -0.295 e. The zero-order valence-corrected chi connectivity index (χ0v) is 8.32. The highest BCUT2D eigenvalue weighted by molar-refractivity contribution is 8.13. The van der Waals surface area contributed by atoms with E-state index >= 15 is 0 Å². The van der Waals surface area contributed by atoms with Crippen molar-refractivity contribution in [1.29, 1.82) is 0 Å². The number of hydrogen-bond donors (Lipinski definition) is 0. The molecule has 0 amide bonds. The Kier molecular flexibility index (Phi) is 6.76. The quantitative estimate of drug-likeness (QED) is 0.617. The Balaban J connectivity index is 3.67. The number of carbonyl (C=O) groups excluding carboxylic acids is 2. The van der Waals surface area contributed by atoms with Crippen molar-refractivity contribution in [2.24, 2.45) is 0 Å². The second-order valence-corrected chi connectivity index (χ2v) is 3.24. The van der Waals surface area contributed by atoms with E-state index in [1.807, 2.05) is 6.92 Å². The first-order valence-electron chi connectivity index (χ1n) is 3.99. The molecule has 3 heteroatoms. The van der Waals surface area contributed by atoms with Crippen LogP contribution >= 0.6 is 11.8 Å². The van der Waals surface area contributed by atoms with Crippen LogP contribution in [0.25, 0.3) is 0 Å². The summed E-state index contributed by atoms with van der Waals surface area (Å²) in [5.74, 6) is 0.0410. The van der Waals surface area contributed by atoms with E-state index in [1.165, 1.54) is 12.2 Å². The van der Waals surface area contributed by atoms with E-state index in [1.54, 1.807) is 6.26 Å². The van der Waals surface area contributed by atoms with Crippen LogP contribution in [0.15, 0.2) is 12.2 Å². The van der Waals surface area contributed by atoms with Gasteiger partial charge in [-0.05, 0) is 24.8 Å². The summed E-state index contributed by atoms with van der Waals surface area (Å²) in [6.07, 6.45) is 6.86. The van der Waals surface area contributed by atoms with E-state index < -0.39 is 0 Å². The Labute approximate surface area is 77.4 Å². The molecule has 0 bridgehead atoms. The summed E-state index contributed by atoms with van der Waals surface area (Å²) in [5.41, 5.74) is 0. The molecule has 0 unspecified atom stereocenters. The molecule has 68 valence electrons. The molecular weight excluding hydrogens is 172 g/mol. The third-order valence-corrected chi connectivity index (χ3v) is 1.92. The van der Waals surface area contributed by atoms with E-state index in [9.17, 15) is 9.59 Å². The molecule has 12 heavy (non-hydrogen) atoms. The van der Waals surface area contributed by atoms with Gasteiger partial charge in [0.05, 0.1) is 0 Å². The summed E-state index contributed by atoms with van der Waals surface area (Å²) in [6.45, 7) is 2.03. The highest BCUT2D eigenvalue weighted by Gasteiger charge is 1.96. The first kappa shape index (κ1) is 11.4. The Hall–Kier alpha value is -0.570. The van der Waals surface area contributed by atoms with E-state index in [0.29, 0.717) is 6.42 Å². The van der Waals surface area contributed by atoms with Crippen molar-refractivity contribution in [3.05, 3.63) is 12.2 Å². The molecule has 2 nitrogen and oxygen atoms in total. The average molecular weight is 186 g/mol. The van der Waals surface area contributed by atoms with Gasteiger partial charge in [0.2, 0.25) is 5.12 Å². The minimum absolute atomic E-state index is 0.0410. The SMILES string of the molecule is CCCCC(=O)/C=C/C(=O)SC. The van der Waals surface area contributed by atoms with Gasteiger partial charge in [0.25, 0.3) is 0 Å². The molecular formula is C9H14O2S. The second kappa shape index (κ2) is 7.10. The van der Waals surface area contributed by atoms with Gasteiger partial charge in [-0.25, -0.2) is 0 Å². The fourth-order valence-electron chi connectivity index (χ4n) is 0.663. The summed E-state index contributed by atoms with van der Waals surface area (Å²) < 4.78 is 0. The molecule has 0 saturated heterocycles. The molecule has 0 saturated carbocycles. The number of thioether (sulfide) groups is 1. The Morgan fingerprint density at radius 3 is 2.50 bits per heavy atom. The predicted molar refractivity (Wildman–Crippen MR) is 52.2 cm³/mol. The number of allylic oxidation sites excluding steroid dienone is 1. The highest BCUT2D eigenvalue weighted by Crippen LogP contribution is 1.99. The van der Waals surface area contributed by atoms with Gasteiger partial charge in [0.1, 0.15) is 0 Å². The summed E-state index contributed by atoms with van der Waals surface area (Å²) in [7, 11) is 0. The molecule has 0 aromatic carbocycles. The normalized spacial score (nSPS) is 10.5. The minimum atomic E-state index is -0.0696. The fraction of sp³-hybridized carbons (Fsp3) is 0.556. The number of ketones is 1. The van der Waals surface area contributed by atoms with E-state index in [2.05, 4.69) is 0 Å². The molecule has 0 aliphatic carbocycles. The molecule has 0 spiro atoms. The second-order valence-electron chi connectivity index (χ2n) is 2.43. The Morgan fingerprint density at radius 1 is 1.33 bits per heavy atom. The van der Waals surface area contributed by atoms with Crippen molar-refractivity contribution in [3.8, 4) is 0 Å². The van der Waals surface area contributed by atoms with Crippen molar-refractivity contribution in [3.63, 3.8) is 0 Å². The smallest absolute Gasteiger partial charge is 0.212 e. The maximum atomic E-state index is 11.0. The molecule has 0 aliphatic rings. The van der Waals surface area contributed by atoms with Crippen LogP contribution in [0.5, 0.6) is 0 Å². The van der Waals surface area contributed by atoms with Gasteiger partial charge in [-0.1, -0.05) is 25.1 Å². The maximum Gasteiger partial charge on any atom is 0.212 e. The van der Waals surface area contributed by atoms with Crippen LogP contribution in [0.3, 0.4) is 0 Å². The number of hydrogen-bond acceptors (Lipinski definition) is 3. The standard InChI is InChI=1S/C9H14O2S/c1-3-4-5-8(10)6-7-9(11)12-2/h6-7H,3-5H2,1-2H3/b7-6+. The van der Waals surface area contributed by atoms with E-state index in [4.69, 9.17) is 0 Å². The van der Waals surface area contributed by atoms with Crippen molar-refractivity contribution in [1.82, 2.24) is 0 Å². The topological polar surface area (TPSA) is 34.1 Å². The van der Waals surface area contributed by atoms with Crippen LogP contribution in [0.2, 0.25) is 0 Å². The van der Waals surface area contributed by atoms with Gasteiger partial charge in [0, 0.05) is 6.42 Å². The summed E-state index contributed by atoms with van der Waals surface area (Å²) >= 11 is 1.11. The highest BCUT2D eigenvalue weighted by atomic mass is 32.2. The van der Waals surface area contributed by atoms with Gasteiger partial charge >= 0.3 is 0 Å². The zero-order valence-electron chi connectivity index (χ0n) is 7.50. The lowest BCUT2D eigenvalue weighted by molar-refractivity contribution is -0.115. The summed E-state index contributed by atoms with van der Waals surface area (Å²) in [6, 6.07) is 0. The van der Waals surface area contributed by atoms with Crippen LogP contribution < -0.4 is 0 Å². The van der Waals surface area contributed by atoms with Gasteiger partial charge in [-0.15, -0.1) is 0 Å². The van der Waals surface area contributed by atoms with Crippen LogP contribution in [0, 0.1) is 0 Å². The van der Waals surface area contributed by atoms with Gasteiger partial charge < -0.3 is 0 Å². The van der Waals surface area contributed by atoms with Gasteiger partial charge in [-0.3, -0.25) is 9.59 Å². The molecule has 0 heterocycles. The molecule has 0 radical (unpaired) electrons. The van der Waals surface area contributed by atoms with Gasteiger partial charge in [0.15, 0.2) is 5.78 Å². The van der Waals surface area contributed by atoms with E-state index in [-0.39, 0.29) is 10.9 Å². The number of carbonyl (C=O) groups is 2. The van der Waals surface area contributed by atoms with Crippen molar-refractivity contribution in [2.45, 2.75) is 26.2 Å². The molecule has 0 fully saturated rings. The van der Waals surface area contributed by atoms with Crippen LogP contribution in [-0.4, -0.2) is 17.2 Å². The van der Waals surface area contributed by atoms with Gasteiger partial charge in [-0.2, -0.15) is 0 Å². The molecule has 0 aromatic heterocycles. The summed E-state index contributed by atoms with van der Waals surface area (Å²) in [5, 5.41) is -0.0696. The van der Waals surface area contributed by atoms with Crippen molar-refractivity contribution >= 4 is 22.7 Å². The number of rotatable bonds is 5. The molecule has 0 N–H and O–H groups in total. The van der Waals surface area contributed by atoms with Crippen molar-refractivity contribution in [2.75, 3.05) is 6.26 Å². The van der Waals surface area contributed by atoms with Crippen LogP contribution in [0.4, 0.5) is 0 Å². The first-order valence-corrected chi connectivity index (χ1v) is 5.22. The lowest BCUT2D eigenvalue weighted by Gasteiger charge is -1.90. The molecule has 0 aromatic rings. The largest absolute Gasteiger partial charge is 0.295 e. The average Bonchev–Trinajstić information content (AvgIpc) is 2.10. The van der Waals surface area contributed by atoms with E-state index in [0.717, 1.165) is 24.6 Å². The summed E-state index contributed by atoms with van der Waals surface area (Å²) in [4.78, 5) is 21.7. The van der Waals surface area contributed by atoms with Crippen LogP contribution in [0.1, 0.15) is 26.2 Å². The first-order chi connectivity index (χ1) is 5.70. The molecule has 0 rings (SSSR count). The Morgan fingerprint density at radius 2 is 2.00 bits per heavy atom. The fourth-order valence-corrected chi connectivity index (χ4v) is 0.867. The third kappa shape index (κ3) is 6.16. The third-order valence-electron chi connectivity index (χ3n) is 1.38. The lowest BCUT2D eigenvalue weighted by Crippen LogP contribution is -1.93. The zero-order chi connectivity index (χ0) is 9.40. The molecule has 0 atom stereocenters. The van der Waals surface area contributed by atoms with Crippen LogP contribution in [-0.2, 0) is 9.59 Å². The monoisotopic (exact) mass is 186 g/mol.